The minimum absolute atomic E-state index is 0.0194. The second-order valence-electron chi connectivity index (χ2n) is 8.32. The fraction of sp³-hybridized carbons (Fsp3) is 0.778. The van der Waals surface area contributed by atoms with Crippen molar-refractivity contribution >= 4 is 27.4 Å². The predicted octanol–water partition coefficient (Wildman–Crippen LogP) is 1.48. The van der Waals surface area contributed by atoms with Crippen LogP contribution in [0.25, 0.3) is 0 Å². The summed E-state index contributed by atoms with van der Waals surface area (Å²) in [6, 6.07) is 2.53. The third-order valence-electron chi connectivity index (χ3n) is 6.83. The lowest BCUT2D eigenvalue weighted by atomic mass is 9.67. The van der Waals surface area contributed by atoms with E-state index in [0.717, 1.165) is 25.7 Å². The van der Waals surface area contributed by atoms with Gasteiger partial charge in [0.1, 0.15) is 16.1 Å². The molecule has 28 heavy (non-hydrogen) atoms. The van der Waals surface area contributed by atoms with Gasteiger partial charge in [-0.05, 0) is 25.7 Å². The van der Waals surface area contributed by atoms with Gasteiger partial charge in [0.2, 0.25) is 11.8 Å². The van der Waals surface area contributed by atoms with Crippen LogP contribution in [-0.2, 0) is 14.6 Å². The molecule has 0 radical (unpaired) electrons. The average molecular weight is 429 g/mol. The first-order valence-electron chi connectivity index (χ1n) is 9.85. The van der Waals surface area contributed by atoms with Crippen molar-refractivity contribution in [2.24, 2.45) is 0 Å². The summed E-state index contributed by atoms with van der Waals surface area (Å²) in [6.07, 6.45) is 3.34. The van der Waals surface area contributed by atoms with Crippen molar-refractivity contribution in [1.82, 2.24) is 14.9 Å². The quantitative estimate of drug-likeness (QED) is 0.630. The van der Waals surface area contributed by atoms with Crippen LogP contribution in [-0.4, -0.2) is 78.4 Å². The summed E-state index contributed by atoms with van der Waals surface area (Å²) in [5, 5.41) is 0.352. The number of hydrogen-bond donors (Lipinski definition) is 0. The second kappa shape index (κ2) is 6.42. The Balaban J connectivity index is 1.30. The van der Waals surface area contributed by atoms with Crippen LogP contribution in [0.2, 0.25) is 5.15 Å². The van der Waals surface area contributed by atoms with E-state index in [-0.39, 0.29) is 17.9 Å². The molecule has 0 aliphatic carbocycles. The second-order valence-corrected chi connectivity index (χ2v) is 11.3. The summed E-state index contributed by atoms with van der Waals surface area (Å²) in [7, 11) is -1.05. The van der Waals surface area contributed by atoms with Gasteiger partial charge in [-0.15, -0.1) is 0 Å². The summed E-state index contributed by atoms with van der Waals surface area (Å²) in [6.45, 7) is 2.88. The van der Waals surface area contributed by atoms with Gasteiger partial charge in [-0.2, -0.15) is 4.98 Å². The van der Waals surface area contributed by atoms with Crippen molar-refractivity contribution in [2.75, 3.05) is 30.9 Å². The van der Waals surface area contributed by atoms with E-state index in [0.29, 0.717) is 42.3 Å². The minimum Gasteiger partial charge on any atom is -0.469 e. The Morgan fingerprint density at radius 2 is 2.00 bits per heavy atom. The monoisotopic (exact) mass is 428 g/mol. The Morgan fingerprint density at radius 1 is 1.32 bits per heavy atom. The Morgan fingerprint density at radius 3 is 2.57 bits per heavy atom. The standard InChI is InChI=1S/C18H25ClN4O4S/c1-3-28(24,25)18-7-12-4-11(5-13(8-18)23(12)18)22(2)17-20-15(19)6-16(21-17)27-14-9-26-10-14/h6,11-14H,3-5,7-10H2,1-2H3/t11?,12-,13+,18?. The third kappa shape index (κ3) is 2.66. The van der Waals surface area contributed by atoms with Crippen LogP contribution in [0.5, 0.6) is 5.88 Å². The maximum atomic E-state index is 12.5. The number of rotatable bonds is 6. The molecule has 0 bridgehead atoms. The molecule has 4 aliphatic rings. The fourth-order valence-corrected chi connectivity index (χ4v) is 7.52. The summed E-state index contributed by atoms with van der Waals surface area (Å²) in [4.78, 5) is 12.7. The highest BCUT2D eigenvalue weighted by atomic mass is 35.5. The van der Waals surface area contributed by atoms with Gasteiger partial charge in [0.15, 0.2) is 9.84 Å². The lowest BCUT2D eigenvalue weighted by Gasteiger charge is -2.72. The molecular weight excluding hydrogens is 404 g/mol. The van der Waals surface area contributed by atoms with Crippen molar-refractivity contribution in [3.63, 3.8) is 0 Å². The number of piperidine rings is 2. The van der Waals surface area contributed by atoms with Crippen LogP contribution in [0.3, 0.4) is 0 Å². The van der Waals surface area contributed by atoms with E-state index in [1.54, 1.807) is 13.0 Å². The molecule has 4 aliphatic heterocycles. The number of sulfone groups is 1. The normalized spacial score (nSPS) is 34.6. The van der Waals surface area contributed by atoms with Gasteiger partial charge in [-0.25, -0.2) is 13.4 Å². The van der Waals surface area contributed by atoms with Crippen molar-refractivity contribution in [1.29, 1.82) is 0 Å². The average Bonchev–Trinajstić information content (AvgIpc) is 2.58. The van der Waals surface area contributed by atoms with E-state index in [9.17, 15) is 8.42 Å². The fourth-order valence-electron chi connectivity index (χ4n) is 5.30. The Kier molecular flexibility index (Phi) is 4.32. The summed E-state index contributed by atoms with van der Waals surface area (Å²) in [5.74, 6) is 1.23. The molecule has 1 aromatic rings. The molecule has 10 heteroatoms. The van der Waals surface area contributed by atoms with Crippen LogP contribution < -0.4 is 9.64 Å². The Labute approximate surface area is 170 Å². The number of aromatic nitrogens is 2. The van der Waals surface area contributed by atoms with Crippen LogP contribution >= 0.6 is 11.6 Å². The van der Waals surface area contributed by atoms with E-state index < -0.39 is 14.7 Å². The highest BCUT2D eigenvalue weighted by Gasteiger charge is 2.71. The summed E-state index contributed by atoms with van der Waals surface area (Å²) < 4.78 is 36.0. The number of anilines is 1. The number of halogens is 1. The lowest BCUT2D eigenvalue weighted by molar-refractivity contribution is -0.174. The highest BCUT2D eigenvalue weighted by Crippen LogP contribution is 2.59. The molecule has 4 fully saturated rings. The van der Waals surface area contributed by atoms with Gasteiger partial charge < -0.3 is 14.4 Å². The van der Waals surface area contributed by atoms with Crippen LogP contribution in [0, 0.1) is 0 Å². The zero-order valence-corrected chi connectivity index (χ0v) is 17.6. The molecule has 154 valence electrons. The summed E-state index contributed by atoms with van der Waals surface area (Å²) in [5.41, 5.74) is 0. The van der Waals surface area contributed by atoms with E-state index in [4.69, 9.17) is 21.1 Å². The maximum absolute atomic E-state index is 12.5. The molecule has 0 N–H and O–H groups in total. The smallest absolute Gasteiger partial charge is 0.230 e. The van der Waals surface area contributed by atoms with Crippen molar-refractivity contribution < 1.29 is 17.9 Å². The van der Waals surface area contributed by atoms with Crippen LogP contribution in [0.1, 0.15) is 32.6 Å². The third-order valence-corrected chi connectivity index (χ3v) is 9.49. The van der Waals surface area contributed by atoms with Gasteiger partial charge in [0.25, 0.3) is 0 Å². The van der Waals surface area contributed by atoms with E-state index in [2.05, 4.69) is 19.8 Å². The van der Waals surface area contributed by atoms with E-state index in [1.807, 2.05) is 7.05 Å². The first-order valence-corrected chi connectivity index (χ1v) is 11.9. The van der Waals surface area contributed by atoms with Crippen LogP contribution in [0.15, 0.2) is 6.07 Å². The molecule has 0 aromatic carbocycles. The number of hydrogen-bond acceptors (Lipinski definition) is 8. The Bertz CT molecular complexity index is 878. The zero-order valence-electron chi connectivity index (χ0n) is 16.0. The first kappa shape index (κ1) is 18.8. The van der Waals surface area contributed by atoms with E-state index in [1.165, 1.54) is 0 Å². The molecule has 0 saturated carbocycles. The molecule has 8 nitrogen and oxygen atoms in total. The van der Waals surface area contributed by atoms with Gasteiger partial charge in [0, 0.05) is 37.0 Å². The molecule has 5 rings (SSSR count). The van der Waals surface area contributed by atoms with E-state index >= 15 is 0 Å². The minimum atomic E-state index is -3.03. The first-order chi connectivity index (χ1) is 13.3. The van der Waals surface area contributed by atoms with Gasteiger partial charge in [0.05, 0.1) is 13.2 Å². The molecule has 0 spiro atoms. The lowest BCUT2D eigenvalue weighted by Crippen LogP contribution is -2.84. The molecule has 4 saturated heterocycles. The zero-order chi connectivity index (χ0) is 19.7. The summed E-state index contributed by atoms with van der Waals surface area (Å²) >= 11 is 6.20. The Hall–Kier alpha value is -1.16. The molecule has 2 unspecified atom stereocenters. The molecule has 5 heterocycles. The van der Waals surface area contributed by atoms with Gasteiger partial charge in [-0.1, -0.05) is 18.5 Å². The number of nitrogens with zero attached hydrogens (tertiary/aromatic N) is 4. The van der Waals surface area contributed by atoms with Crippen LogP contribution in [0.4, 0.5) is 5.95 Å². The van der Waals surface area contributed by atoms with Crippen molar-refractivity contribution in [2.45, 2.75) is 61.7 Å². The van der Waals surface area contributed by atoms with Gasteiger partial charge >= 0.3 is 0 Å². The number of ether oxygens (including phenoxy) is 2. The van der Waals surface area contributed by atoms with Crippen molar-refractivity contribution in [3.05, 3.63) is 11.2 Å². The largest absolute Gasteiger partial charge is 0.469 e. The SMILES string of the molecule is CCS(=O)(=O)C12C[C@H]3CC(N(C)c4nc(Cl)cc(OC5COC5)n4)C[C@@H](C1)N32. The van der Waals surface area contributed by atoms with Gasteiger partial charge in [-0.3, -0.25) is 4.90 Å². The highest BCUT2D eigenvalue weighted by molar-refractivity contribution is 7.92. The molecule has 0 amide bonds. The molecule has 4 atom stereocenters. The molecular formula is C18H25ClN4O4S. The van der Waals surface area contributed by atoms with Crippen molar-refractivity contribution in [3.8, 4) is 5.88 Å². The maximum Gasteiger partial charge on any atom is 0.230 e. The predicted molar refractivity (Wildman–Crippen MR) is 105 cm³/mol. The topological polar surface area (TPSA) is 84.9 Å². The molecule has 1 aromatic heterocycles.